The molecule has 0 aromatic rings. The average molecular weight is 938 g/mol. The fourth-order valence-corrected chi connectivity index (χ4v) is 8.24. The largest absolute Gasteiger partial charge is 0.462 e. The monoisotopic (exact) mass is 937 g/mol. The van der Waals surface area contributed by atoms with Crippen molar-refractivity contribution in [1.82, 2.24) is 0 Å². The maximum absolute atomic E-state index is 12.8. The molecule has 1 atom stereocenters. The van der Waals surface area contributed by atoms with Crippen molar-refractivity contribution in [2.24, 2.45) is 0 Å². The summed E-state index contributed by atoms with van der Waals surface area (Å²) in [6, 6.07) is 0. The lowest BCUT2D eigenvalue weighted by Gasteiger charge is -2.18. The number of carbonyl (C=O) groups excluding carboxylic acids is 3. The molecule has 0 fully saturated rings. The van der Waals surface area contributed by atoms with Gasteiger partial charge in [0.15, 0.2) is 6.10 Å². The molecule has 0 radical (unpaired) electrons. The fourth-order valence-electron chi connectivity index (χ4n) is 8.24. The Bertz CT molecular complexity index is 1210. The Labute approximate surface area is 415 Å². The van der Waals surface area contributed by atoms with Gasteiger partial charge >= 0.3 is 17.9 Å². The molecule has 0 amide bonds. The Morgan fingerprint density at radius 3 is 0.910 bits per heavy atom. The lowest BCUT2D eigenvalue weighted by atomic mass is 10.0. The molecule has 0 N–H and O–H groups in total. The molecule has 0 aromatic heterocycles. The van der Waals surface area contributed by atoms with Crippen LogP contribution in [0.25, 0.3) is 0 Å². The van der Waals surface area contributed by atoms with Crippen molar-refractivity contribution in [3.8, 4) is 0 Å². The van der Waals surface area contributed by atoms with Crippen LogP contribution in [0.4, 0.5) is 0 Å². The zero-order chi connectivity index (χ0) is 48.6. The maximum Gasteiger partial charge on any atom is 0.306 e. The second-order valence-electron chi connectivity index (χ2n) is 19.2. The first-order valence-electron chi connectivity index (χ1n) is 28.8. The van der Waals surface area contributed by atoms with Crippen molar-refractivity contribution >= 4 is 17.9 Å². The highest BCUT2D eigenvalue weighted by Gasteiger charge is 2.19. The summed E-state index contributed by atoms with van der Waals surface area (Å²) >= 11 is 0. The Kier molecular flexibility index (Phi) is 53.3. The van der Waals surface area contributed by atoms with Crippen LogP contribution in [-0.2, 0) is 28.6 Å². The predicted octanol–water partition coefficient (Wildman–Crippen LogP) is 19.2. The van der Waals surface area contributed by atoms with E-state index >= 15 is 0 Å². The fraction of sp³-hybridized carbons (Fsp3) is 0.787. The van der Waals surface area contributed by atoms with Crippen molar-refractivity contribution in [2.45, 2.75) is 297 Å². The summed E-state index contributed by atoms with van der Waals surface area (Å²) in [5.41, 5.74) is 0. The zero-order valence-corrected chi connectivity index (χ0v) is 44.4. The SMILES string of the molecule is CC/C=C\C/C=C\C/C=C\C/C=C\C/C=C\CCCCCC(=O)OC[C@@H](COC(=O)CCCCCCCCCCCCCCCCC)OC(=O)CCCCCCCCCCCCCCCCC. The summed E-state index contributed by atoms with van der Waals surface area (Å²) in [5, 5.41) is 0. The highest BCUT2D eigenvalue weighted by Crippen LogP contribution is 2.16. The van der Waals surface area contributed by atoms with E-state index in [9.17, 15) is 14.4 Å². The van der Waals surface area contributed by atoms with E-state index in [1.54, 1.807) is 0 Å². The van der Waals surface area contributed by atoms with Gasteiger partial charge in [0, 0.05) is 19.3 Å². The Balaban J connectivity index is 4.41. The van der Waals surface area contributed by atoms with Gasteiger partial charge in [0.1, 0.15) is 13.2 Å². The summed E-state index contributed by atoms with van der Waals surface area (Å²) in [4.78, 5) is 38.1. The minimum atomic E-state index is -0.784. The van der Waals surface area contributed by atoms with Gasteiger partial charge in [-0.2, -0.15) is 0 Å². The predicted molar refractivity (Wildman–Crippen MR) is 288 cm³/mol. The number of rotatable bonds is 52. The Morgan fingerprint density at radius 1 is 0.313 bits per heavy atom. The van der Waals surface area contributed by atoms with Gasteiger partial charge in [0.05, 0.1) is 0 Å². The van der Waals surface area contributed by atoms with Crippen molar-refractivity contribution in [1.29, 1.82) is 0 Å². The summed E-state index contributed by atoms with van der Waals surface area (Å²) in [6.07, 6.45) is 69.2. The number of ether oxygens (including phenoxy) is 3. The van der Waals surface area contributed by atoms with Crippen LogP contribution in [0.15, 0.2) is 60.8 Å². The normalized spacial score (nSPS) is 12.5. The van der Waals surface area contributed by atoms with Crippen LogP contribution < -0.4 is 0 Å². The van der Waals surface area contributed by atoms with E-state index < -0.39 is 6.10 Å². The molecule has 6 nitrogen and oxygen atoms in total. The average Bonchev–Trinajstić information content (AvgIpc) is 3.33. The van der Waals surface area contributed by atoms with E-state index in [1.165, 1.54) is 154 Å². The minimum Gasteiger partial charge on any atom is -0.462 e. The van der Waals surface area contributed by atoms with E-state index in [4.69, 9.17) is 14.2 Å². The lowest BCUT2D eigenvalue weighted by Crippen LogP contribution is -2.30. The first-order chi connectivity index (χ1) is 33.0. The molecule has 0 saturated heterocycles. The van der Waals surface area contributed by atoms with Crippen molar-refractivity contribution < 1.29 is 28.6 Å². The second kappa shape index (κ2) is 55.7. The molecule has 0 saturated carbocycles. The summed E-state index contributed by atoms with van der Waals surface area (Å²) in [5.74, 6) is -0.899. The number of allylic oxidation sites excluding steroid dienone is 10. The molecule has 67 heavy (non-hydrogen) atoms. The molecule has 0 aromatic carbocycles. The molecule has 6 heteroatoms. The van der Waals surface area contributed by atoms with E-state index in [-0.39, 0.29) is 31.1 Å². The van der Waals surface area contributed by atoms with Gasteiger partial charge in [-0.05, 0) is 64.2 Å². The highest BCUT2D eigenvalue weighted by atomic mass is 16.6. The molecular formula is C61H108O6. The molecule has 0 unspecified atom stereocenters. The molecular weight excluding hydrogens is 829 g/mol. The molecule has 388 valence electrons. The van der Waals surface area contributed by atoms with Gasteiger partial charge in [-0.3, -0.25) is 14.4 Å². The van der Waals surface area contributed by atoms with Gasteiger partial charge in [-0.15, -0.1) is 0 Å². The summed E-state index contributed by atoms with van der Waals surface area (Å²) < 4.78 is 16.9. The lowest BCUT2D eigenvalue weighted by molar-refractivity contribution is -0.167. The molecule has 0 heterocycles. The van der Waals surface area contributed by atoms with Crippen LogP contribution in [0.1, 0.15) is 290 Å². The number of carbonyl (C=O) groups is 3. The quantitative estimate of drug-likeness (QED) is 0.0262. The first-order valence-corrected chi connectivity index (χ1v) is 28.8. The topological polar surface area (TPSA) is 78.9 Å². The second-order valence-corrected chi connectivity index (χ2v) is 19.2. The van der Waals surface area contributed by atoms with Crippen molar-refractivity contribution in [3.05, 3.63) is 60.8 Å². The van der Waals surface area contributed by atoms with E-state index in [0.29, 0.717) is 19.3 Å². The van der Waals surface area contributed by atoms with Gasteiger partial charge in [-0.1, -0.05) is 268 Å². The third kappa shape index (κ3) is 53.9. The molecule has 0 spiro atoms. The van der Waals surface area contributed by atoms with E-state index in [0.717, 1.165) is 96.3 Å². The standard InChI is InChI=1S/C61H108O6/c1-4-7-10-13-16-19-22-25-28-29-30-31-34-36-39-42-45-48-51-54-60(63)66-57-58(67-61(64)55-52-49-46-43-40-37-33-27-24-21-18-15-12-9-6-3)56-65-59(62)53-50-47-44-41-38-35-32-26-23-20-17-14-11-8-5-2/h7,10,16,19,25,28,30-31,36,39,58H,4-6,8-9,11-15,17-18,20-24,26-27,29,32-35,37-38,40-57H2,1-3H3/b10-7-,19-16-,28-25-,31-30-,39-36-/t58-/m1/s1. The van der Waals surface area contributed by atoms with Crippen LogP contribution in [0.3, 0.4) is 0 Å². The summed E-state index contributed by atoms with van der Waals surface area (Å²) in [7, 11) is 0. The molecule has 0 rings (SSSR count). The Hall–Kier alpha value is -2.89. The first kappa shape index (κ1) is 64.1. The third-order valence-corrected chi connectivity index (χ3v) is 12.5. The third-order valence-electron chi connectivity index (χ3n) is 12.5. The van der Waals surface area contributed by atoms with Crippen LogP contribution in [0.2, 0.25) is 0 Å². The minimum absolute atomic E-state index is 0.0807. The van der Waals surface area contributed by atoms with Crippen molar-refractivity contribution in [3.63, 3.8) is 0 Å². The van der Waals surface area contributed by atoms with Gasteiger partial charge in [0.2, 0.25) is 0 Å². The Morgan fingerprint density at radius 2 is 0.582 bits per heavy atom. The molecule has 0 aliphatic heterocycles. The van der Waals surface area contributed by atoms with Gasteiger partial charge in [0.25, 0.3) is 0 Å². The summed E-state index contributed by atoms with van der Waals surface area (Å²) in [6.45, 7) is 6.53. The number of hydrogen-bond acceptors (Lipinski definition) is 6. The smallest absolute Gasteiger partial charge is 0.306 e. The number of esters is 3. The maximum atomic E-state index is 12.8. The van der Waals surface area contributed by atoms with Gasteiger partial charge < -0.3 is 14.2 Å². The molecule has 0 bridgehead atoms. The number of hydrogen-bond donors (Lipinski definition) is 0. The van der Waals surface area contributed by atoms with Crippen LogP contribution in [0.5, 0.6) is 0 Å². The van der Waals surface area contributed by atoms with Crippen LogP contribution >= 0.6 is 0 Å². The van der Waals surface area contributed by atoms with E-state index in [1.807, 2.05) is 0 Å². The number of unbranched alkanes of at least 4 members (excludes halogenated alkanes) is 31. The zero-order valence-electron chi connectivity index (χ0n) is 44.4. The van der Waals surface area contributed by atoms with E-state index in [2.05, 4.69) is 81.5 Å². The highest BCUT2D eigenvalue weighted by molar-refractivity contribution is 5.71. The molecule has 0 aliphatic carbocycles. The van der Waals surface area contributed by atoms with Gasteiger partial charge in [-0.25, -0.2) is 0 Å². The molecule has 0 aliphatic rings. The van der Waals surface area contributed by atoms with Crippen LogP contribution in [-0.4, -0.2) is 37.2 Å². The van der Waals surface area contributed by atoms with Crippen LogP contribution in [0, 0.1) is 0 Å². The van der Waals surface area contributed by atoms with Crippen molar-refractivity contribution in [2.75, 3.05) is 13.2 Å².